The van der Waals surface area contributed by atoms with E-state index >= 15 is 0 Å². The summed E-state index contributed by atoms with van der Waals surface area (Å²) >= 11 is 3.17. The van der Waals surface area contributed by atoms with Crippen molar-refractivity contribution in [2.45, 2.75) is 4.95 Å². The third-order valence-corrected chi connectivity index (χ3v) is 2.18. The van der Waals surface area contributed by atoms with E-state index in [2.05, 4.69) is 27.8 Å². The van der Waals surface area contributed by atoms with Crippen LogP contribution in [0.4, 0.5) is 4.79 Å². The predicted molar refractivity (Wildman–Crippen MR) is 43.2 cm³/mol. The van der Waals surface area contributed by atoms with Gasteiger partial charge >= 0.3 is 6.03 Å². The van der Waals surface area contributed by atoms with Gasteiger partial charge in [0.05, 0.1) is 0 Å². The minimum absolute atomic E-state index is 0.0980. The van der Waals surface area contributed by atoms with Gasteiger partial charge in [0.1, 0.15) is 11.5 Å². The topological polar surface area (TPSA) is 49.4 Å². The molecule has 4 nitrogen and oxygen atoms in total. The highest BCUT2D eigenvalue weighted by Crippen LogP contribution is 2.11. The van der Waals surface area contributed by atoms with Crippen molar-refractivity contribution in [3.63, 3.8) is 0 Å². The summed E-state index contributed by atoms with van der Waals surface area (Å²) in [5.74, 6) is -0.277. The van der Waals surface area contributed by atoms with E-state index in [1.165, 1.54) is 11.0 Å². The molecule has 0 aliphatic carbocycles. The first-order valence-electron chi connectivity index (χ1n) is 3.02. The van der Waals surface area contributed by atoms with E-state index in [0.717, 1.165) is 0 Å². The van der Waals surface area contributed by atoms with Crippen LogP contribution in [0.5, 0.6) is 0 Å². The smallest absolute Gasteiger partial charge is 0.299 e. The summed E-state index contributed by atoms with van der Waals surface area (Å²) in [5, 5.41) is 2.15. The molecule has 60 valence electrons. The first-order chi connectivity index (χ1) is 5.15. The zero-order valence-electron chi connectivity index (χ0n) is 5.71. The number of amides is 3. The fourth-order valence-electron chi connectivity index (χ4n) is 0.784. The Morgan fingerprint density at radius 2 is 2.36 bits per heavy atom. The number of carbonyl (C=O) groups is 2. The van der Waals surface area contributed by atoms with E-state index in [1.54, 1.807) is 0 Å². The van der Waals surface area contributed by atoms with Crippen LogP contribution in [0, 0.1) is 0 Å². The molecule has 1 aliphatic heterocycles. The summed E-state index contributed by atoms with van der Waals surface area (Å²) in [6.07, 6.45) is 1.54. The van der Waals surface area contributed by atoms with Gasteiger partial charge in [-0.05, 0) is 0 Å². The number of alkyl halides is 1. The van der Waals surface area contributed by atoms with Gasteiger partial charge in [0.2, 0.25) is 5.91 Å². The summed E-state index contributed by atoms with van der Waals surface area (Å²) in [5.41, 5.74) is 0. The lowest BCUT2D eigenvalue weighted by atomic mass is 10.5. The first-order valence-corrected chi connectivity index (χ1v) is 3.94. The van der Waals surface area contributed by atoms with Crippen LogP contribution in [-0.2, 0) is 4.79 Å². The van der Waals surface area contributed by atoms with Gasteiger partial charge in [-0.2, -0.15) is 0 Å². The molecule has 0 radical (unpaired) electrons. The van der Waals surface area contributed by atoms with Crippen molar-refractivity contribution in [1.29, 1.82) is 0 Å². The van der Waals surface area contributed by atoms with Gasteiger partial charge in [0.25, 0.3) is 0 Å². The molecular formula is C6H7BrN2O2. The molecule has 0 spiro atoms. The molecule has 1 fully saturated rings. The maximum absolute atomic E-state index is 10.9. The second-order valence-corrected chi connectivity index (χ2v) is 3.03. The standard InChI is InChI=1S/C6H7BrN2O2/c1-2-4(7)9-3-5(10)8-6(9)11/h2,4H,1,3H2,(H,8,10,11). The molecule has 1 rings (SSSR count). The molecule has 11 heavy (non-hydrogen) atoms. The lowest BCUT2D eigenvalue weighted by molar-refractivity contribution is -0.118. The number of imide groups is 1. The fraction of sp³-hybridized carbons (Fsp3) is 0.333. The predicted octanol–water partition coefficient (Wildman–Crippen LogP) is 0.445. The number of nitrogens with zero attached hydrogens (tertiary/aromatic N) is 1. The fourth-order valence-corrected chi connectivity index (χ4v) is 1.11. The van der Waals surface area contributed by atoms with Gasteiger partial charge in [-0.1, -0.05) is 22.0 Å². The lowest BCUT2D eigenvalue weighted by Gasteiger charge is -2.15. The van der Waals surface area contributed by atoms with Crippen molar-refractivity contribution in [2.75, 3.05) is 6.54 Å². The summed E-state index contributed by atoms with van der Waals surface area (Å²) in [4.78, 5) is 22.6. The van der Waals surface area contributed by atoms with Crippen molar-refractivity contribution in [1.82, 2.24) is 10.2 Å². The molecule has 3 amide bonds. The molecule has 1 unspecified atom stereocenters. The summed E-state index contributed by atoms with van der Waals surface area (Å²) in [6.45, 7) is 3.58. The average Bonchev–Trinajstić information content (AvgIpc) is 2.28. The molecule has 1 atom stereocenters. The Hall–Kier alpha value is -0.840. The third kappa shape index (κ3) is 1.59. The van der Waals surface area contributed by atoms with Crippen LogP contribution in [-0.4, -0.2) is 28.3 Å². The molecule has 0 aromatic heterocycles. The molecular weight excluding hydrogens is 212 g/mol. The SMILES string of the molecule is C=CC(Br)N1CC(=O)NC1=O. The zero-order chi connectivity index (χ0) is 8.43. The zero-order valence-corrected chi connectivity index (χ0v) is 7.30. The normalized spacial score (nSPS) is 19.9. The van der Waals surface area contributed by atoms with Crippen LogP contribution >= 0.6 is 15.9 Å². The lowest BCUT2D eigenvalue weighted by Crippen LogP contribution is -2.32. The van der Waals surface area contributed by atoms with Crippen LogP contribution in [0.2, 0.25) is 0 Å². The molecule has 0 saturated carbocycles. The Labute approximate surface area is 72.4 Å². The van der Waals surface area contributed by atoms with Gasteiger partial charge in [-0.15, -0.1) is 6.58 Å². The second-order valence-electron chi connectivity index (χ2n) is 2.09. The molecule has 0 aromatic carbocycles. The highest BCUT2D eigenvalue weighted by molar-refractivity contribution is 9.09. The van der Waals surface area contributed by atoms with E-state index in [-0.39, 0.29) is 23.4 Å². The highest BCUT2D eigenvalue weighted by Gasteiger charge is 2.29. The van der Waals surface area contributed by atoms with Gasteiger partial charge in [-0.25, -0.2) is 4.79 Å². The molecule has 1 aliphatic rings. The van der Waals surface area contributed by atoms with Crippen LogP contribution in [0.1, 0.15) is 0 Å². The number of halogens is 1. The minimum Gasteiger partial charge on any atom is -0.299 e. The molecule has 1 saturated heterocycles. The summed E-state index contributed by atoms with van der Waals surface area (Å²) in [7, 11) is 0. The average molecular weight is 219 g/mol. The van der Waals surface area contributed by atoms with Crippen molar-refractivity contribution >= 4 is 27.9 Å². The number of carbonyl (C=O) groups excluding carboxylic acids is 2. The molecule has 1 heterocycles. The van der Waals surface area contributed by atoms with E-state index in [0.29, 0.717) is 0 Å². The monoisotopic (exact) mass is 218 g/mol. The van der Waals surface area contributed by atoms with Crippen LogP contribution < -0.4 is 5.32 Å². The number of nitrogens with one attached hydrogen (secondary N) is 1. The van der Waals surface area contributed by atoms with E-state index in [9.17, 15) is 9.59 Å². The maximum Gasteiger partial charge on any atom is 0.325 e. The van der Waals surface area contributed by atoms with Crippen molar-refractivity contribution in [3.8, 4) is 0 Å². The quantitative estimate of drug-likeness (QED) is 0.317. The largest absolute Gasteiger partial charge is 0.325 e. The number of hydrogen-bond acceptors (Lipinski definition) is 2. The molecule has 0 bridgehead atoms. The second kappa shape index (κ2) is 3.04. The van der Waals surface area contributed by atoms with Crippen LogP contribution in [0.25, 0.3) is 0 Å². The maximum atomic E-state index is 10.9. The Morgan fingerprint density at radius 3 is 2.73 bits per heavy atom. The van der Waals surface area contributed by atoms with Gasteiger partial charge in [0, 0.05) is 0 Å². The summed E-state index contributed by atoms with van der Waals surface area (Å²) in [6, 6.07) is -0.378. The van der Waals surface area contributed by atoms with E-state index in [1.807, 2.05) is 0 Å². The summed E-state index contributed by atoms with van der Waals surface area (Å²) < 4.78 is 0. The van der Waals surface area contributed by atoms with E-state index in [4.69, 9.17) is 0 Å². The van der Waals surface area contributed by atoms with Crippen LogP contribution in [0.3, 0.4) is 0 Å². The van der Waals surface area contributed by atoms with Gasteiger partial charge in [-0.3, -0.25) is 15.0 Å². The Morgan fingerprint density at radius 1 is 1.73 bits per heavy atom. The minimum atomic E-state index is -0.378. The number of hydrogen-bond donors (Lipinski definition) is 1. The Balaban J connectivity index is 2.66. The number of rotatable bonds is 2. The van der Waals surface area contributed by atoms with Crippen molar-refractivity contribution in [2.24, 2.45) is 0 Å². The van der Waals surface area contributed by atoms with Crippen molar-refractivity contribution < 1.29 is 9.59 Å². The van der Waals surface area contributed by atoms with E-state index < -0.39 is 0 Å². The Kier molecular flexibility index (Phi) is 2.28. The first kappa shape index (κ1) is 8.26. The van der Waals surface area contributed by atoms with Gasteiger partial charge in [0.15, 0.2) is 0 Å². The number of urea groups is 1. The van der Waals surface area contributed by atoms with Crippen molar-refractivity contribution in [3.05, 3.63) is 12.7 Å². The molecule has 0 aromatic rings. The highest BCUT2D eigenvalue weighted by atomic mass is 79.9. The molecule has 1 N–H and O–H groups in total. The molecule has 5 heteroatoms. The van der Waals surface area contributed by atoms with Gasteiger partial charge < -0.3 is 0 Å². The third-order valence-electron chi connectivity index (χ3n) is 1.31. The van der Waals surface area contributed by atoms with Crippen LogP contribution in [0.15, 0.2) is 12.7 Å². The Bertz CT molecular complexity index is 217.